The summed E-state index contributed by atoms with van der Waals surface area (Å²) in [6.45, 7) is 8.37. The number of thiocarbonyl (C=S) groups is 1. The molecular weight excluding hydrogens is 558 g/mol. The first kappa shape index (κ1) is 30.5. The van der Waals surface area contributed by atoms with Crippen molar-refractivity contribution in [3.05, 3.63) is 67.8 Å². The van der Waals surface area contributed by atoms with E-state index < -0.39 is 5.97 Å². The van der Waals surface area contributed by atoms with Crippen LogP contribution < -0.4 is 10.5 Å². The third kappa shape index (κ3) is 7.07. The molecule has 1 aromatic heterocycles. The number of hydrogen-bond acceptors (Lipinski definition) is 8. The molecule has 0 spiro atoms. The van der Waals surface area contributed by atoms with Gasteiger partial charge >= 0.3 is 5.97 Å². The van der Waals surface area contributed by atoms with Crippen LogP contribution in [0.3, 0.4) is 0 Å². The fourth-order valence-corrected chi connectivity index (χ4v) is 6.47. The zero-order valence-electron chi connectivity index (χ0n) is 23.5. The summed E-state index contributed by atoms with van der Waals surface area (Å²) in [7, 11) is 0. The number of nitrogens with zero attached hydrogens (tertiary/aromatic N) is 5. The number of hydrogen-bond donors (Lipinski definition) is 1. The van der Waals surface area contributed by atoms with Crippen LogP contribution in [0.25, 0.3) is 6.08 Å². The monoisotopic (exact) mass is 593 g/mol. The standard InChI is InChI=1S/C30H35N5O4S2/c1-3-4-12-34-27(33-16-14-32(15-17-33)20-22-9-6-5-7-10-22)23(21(2)24(19-31)28(34)38)18-25-29(39)35(30(40)41-25)13-8-11-26(36)37/h5-7,9-10,18H,3-4,8,11-17,20H2,1-2H3,(H,36,37). The maximum atomic E-state index is 13.6. The summed E-state index contributed by atoms with van der Waals surface area (Å²) < 4.78 is 2.08. The minimum Gasteiger partial charge on any atom is -0.481 e. The number of rotatable bonds is 11. The lowest BCUT2D eigenvalue weighted by atomic mass is 10.0. The number of aromatic nitrogens is 1. The van der Waals surface area contributed by atoms with Gasteiger partial charge in [0.25, 0.3) is 11.5 Å². The van der Waals surface area contributed by atoms with E-state index in [1.54, 1.807) is 17.6 Å². The largest absolute Gasteiger partial charge is 0.481 e. The topological polar surface area (TPSA) is 110 Å². The third-order valence-electron chi connectivity index (χ3n) is 7.42. The minimum absolute atomic E-state index is 0.0520. The lowest BCUT2D eigenvalue weighted by Gasteiger charge is -2.38. The Kier molecular flexibility index (Phi) is 10.4. The van der Waals surface area contributed by atoms with Crippen molar-refractivity contribution in [3.63, 3.8) is 0 Å². The maximum Gasteiger partial charge on any atom is 0.303 e. The molecule has 2 aromatic rings. The summed E-state index contributed by atoms with van der Waals surface area (Å²) in [4.78, 5) is 44.3. The number of piperazine rings is 1. The number of anilines is 1. The van der Waals surface area contributed by atoms with Gasteiger partial charge in [-0.3, -0.25) is 28.8 Å². The highest BCUT2D eigenvalue weighted by molar-refractivity contribution is 8.26. The summed E-state index contributed by atoms with van der Waals surface area (Å²) in [6, 6.07) is 12.4. The van der Waals surface area contributed by atoms with E-state index in [1.165, 1.54) is 22.2 Å². The Morgan fingerprint density at radius 1 is 1.12 bits per heavy atom. The Balaban J connectivity index is 1.70. The number of carboxylic acid groups (broad SMARTS) is 1. The Bertz CT molecular complexity index is 1440. The maximum absolute atomic E-state index is 13.6. The molecule has 2 aliphatic rings. The predicted octanol–water partition coefficient (Wildman–Crippen LogP) is 4.22. The van der Waals surface area contributed by atoms with Crippen molar-refractivity contribution in [1.82, 2.24) is 14.4 Å². The van der Waals surface area contributed by atoms with Crippen molar-refractivity contribution in [1.29, 1.82) is 5.26 Å². The lowest BCUT2D eigenvalue weighted by Crippen LogP contribution is -2.48. The van der Waals surface area contributed by atoms with Gasteiger partial charge in [0.15, 0.2) is 0 Å². The third-order valence-corrected chi connectivity index (χ3v) is 8.80. The molecule has 0 saturated carbocycles. The van der Waals surface area contributed by atoms with Crippen LogP contribution in [-0.2, 0) is 22.7 Å². The molecule has 0 aliphatic carbocycles. The molecule has 11 heteroatoms. The molecule has 4 rings (SSSR count). The molecule has 0 unspecified atom stereocenters. The van der Waals surface area contributed by atoms with E-state index >= 15 is 0 Å². The van der Waals surface area contributed by atoms with Gasteiger partial charge in [-0.25, -0.2) is 0 Å². The van der Waals surface area contributed by atoms with E-state index in [-0.39, 0.29) is 30.0 Å². The number of carbonyl (C=O) groups excluding carboxylic acids is 1. The smallest absolute Gasteiger partial charge is 0.303 e. The highest BCUT2D eigenvalue weighted by Crippen LogP contribution is 2.36. The van der Waals surface area contributed by atoms with E-state index in [2.05, 4.69) is 34.9 Å². The average molecular weight is 594 g/mol. The molecule has 1 aromatic carbocycles. The van der Waals surface area contributed by atoms with Gasteiger partial charge < -0.3 is 10.0 Å². The number of amides is 1. The van der Waals surface area contributed by atoms with E-state index in [0.29, 0.717) is 46.4 Å². The van der Waals surface area contributed by atoms with Gasteiger partial charge in [-0.05, 0) is 37.0 Å². The molecule has 0 bridgehead atoms. The quantitative estimate of drug-likeness (QED) is 0.303. The second kappa shape index (κ2) is 13.9. The highest BCUT2D eigenvalue weighted by atomic mass is 32.2. The van der Waals surface area contributed by atoms with Crippen LogP contribution in [0.1, 0.15) is 54.9 Å². The number of benzene rings is 1. The van der Waals surface area contributed by atoms with Crippen LogP contribution in [0.2, 0.25) is 0 Å². The number of nitriles is 1. The number of aliphatic carboxylic acids is 1. The molecule has 2 saturated heterocycles. The summed E-state index contributed by atoms with van der Waals surface area (Å²) in [5.41, 5.74) is 2.25. The first-order valence-corrected chi connectivity index (χ1v) is 15.1. The van der Waals surface area contributed by atoms with E-state index in [4.69, 9.17) is 17.3 Å². The fraction of sp³-hybridized carbons (Fsp3) is 0.433. The molecule has 1 N–H and O–H groups in total. The number of carbonyl (C=O) groups is 2. The SMILES string of the molecule is CCCCn1c(N2CCN(Cc3ccccc3)CC2)c(C=C2SC(=S)N(CCCC(=O)O)C2=O)c(C)c(C#N)c1=O. The van der Waals surface area contributed by atoms with Gasteiger partial charge in [-0.1, -0.05) is 67.7 Å². The van der Waals surface area contributed by atoms with Gasteiger partial charge in [-0.2, -0.15) is 5.26 Å². The van der Waals surface area contributed by atoms with Crippen LogP contribution in [0.4, 0.5) is 5.82 Å². The molecule has 9 nitrogen and oxygen atoms in total. The molecule has 2 fully saturated rings. The van der Waals surface area contributed by atoms with Crippen molar-refractivity contribution in [2.45, 2.75) is 52.6 Å². The van der Waals surface area contributed by atoms with Gasteiger partial charge in [0, 0.05) is 57.8 Å². The molecule has 216 valence electrons. The van der Waals surface area contributed by atoms with Gasteiger partial charge in [-0.15, -0.1) is 0 Å². The molecule has 0 radical (unpaired) electrons. The average Bonchev–Trinajstić information content (AvgIpc) is 3.22. The van der Waals surface area contributed by atoms with Crippen molar-refractivity contribution in [3.8, 4) is 6.07 Å². The van der Waals surface area contributed by atoms with E-state index in [1.807, 2.05) is 18.2 Å². The Morgan fingerprint density at radius 3 is 2.46 bits per heavy atom. The van der Waals surface area contributed by atoms with Gasteiger partial charge in [0.05, 0.1) is 4.91 Å². The number of pyridine rings is 1. The van der Waals surface area contributed by atoms with Crippen molar-refractivity contribution in [2.24, 2.45) is 0 Å². The van der Waals surface area contributed by atoms with E-state index in [9.17, 15) is 19.6 Å². The zero-order chi connectivity index (χ0) is 29.5. The van der Waals surface area contributed by atoms with Crippen LogP contribution in [0.5, 0.6) is 0 Å². The number of thioether (sulfide) groups is 1. The number of carboxylic acids is 1. The Labute approximate surface area is 250 Å². The van der Waals surface area contributed by atoms with Crippen LogP contribution >= 0.6 is 24.0 Å². The molecule has 2 aliphatic heterocycles. The Morgan fingerprint density at radius 2 is 1.83 bits per heavy atom. The number of unbranched alkanes of at least 4 members (excludes halogenated alkanes) is 1. The van der Waals surface area contributed by atoms with Gasteiger partial charge in [0.1, 0.15) is 21.8 Å². The van der Waals surface area contributed by atoms with Crippen molar-refractivity contribution in [2.75, 3.05) is 37.6 Å². The first-order valence-electron chi connectivity index (χ1n) is 13.9. The normalized spacial score (nSPS) is 17.0. The fourth-order valence-electron chi connectivity index (χ4n) is 5.18. The summed E-state index contributed by atoms with van der Waals surface area (Å²) in [5.74, 6) is -0.475. The van der Waals surface area contributed by atoms with Crippen molar-refractivity contribution < 1.29 is 14.7 Å². The zero-order valence-corrected chi connectivity index (χ0v) is 25.1. The first-order chi connectivity index (χ1) is 19.7. The lowest BCUT2D eigenvalue weighted by molar-refractivity contribution is -0.137. The van der Waals surface area contributed by atoms with Crippen LogP contribution in [0, 0.1) is 18.3 Å². The Hall–Kier alpha value is -3.46. The van der Waals surface area contributed by atoms with E-state index in [0.717, 1.165) is 38.3 Å². The minimum atomic E-state index is -0.923. The summed E-state index contributed by atoms with van der Waals surface area (Å²) in [5, 5.41) is 18.9. The van der Waals surface area contributed by atoms with Crippen molar-refractivity contribution >= 4 is 52.1 Å². The molecular formula is C30H35N5O4S2. The predicted molar refractivity (Wildman–Crippen MR) is 166 cm³/mol. The molecule has 41 heavy (non-hydrogen) atoms. The highest BCUT2D eigenvalue weighted by Gasteiger charge is 2.33. The van der Waals surface area contributed by atoms with Gasteiger partial charge in [0.2, 0.25) is 0 Å². The van der Waals surface area contributed by atoms with Crippen LogP contribution in [-0.4, -0.2) is 68.4 Å². The summed E-state index contributed by atoms with van der Waals surface area (Å²) >= 11 is 6.62. The molecule has 1 amide bonds. The summed E-state index contributed by atoms with van der Waals surface area (Å²) in [6.07, 6.45) is 3.67. The molecule has 3 heterocycles. The second-order valence-corrected chi connectivity index (χ2v) is 11.9. The molecule has 0 atom stereocenters. The second-order valence-electron chi connectivity index (χ2n) is 10.2. The van der Waals surface area contributed by atoms with Crippen LogP contribution in [0.15, 0.2) is 40.0 Å².